The van der Waals surface area contributed by atoms with Gasteiger partial charge in [0.1, 0.15) is 12.0 Å². The SMILES string of the molecule is CC1(C)c2ccccc2-c2cc3c(cc21)c1ccccc1n3-c1cccc(C2=NC(c3ccccc3)N(Cc3cccc([SiH2]c4ccccc4)c3)N2)c1. The van der Waals surface area contributed by atoms with Gasteiger partial charge in [-0.15, -0.1) is 0 Å². The fourth-order valence-corrected chi connectivity index (χ4v) is 10.3. The molecule has 53 heavy (non-hydrogen) atoms. The predicted molar refractivity (Wildman–Crippen MR) is 223 cm³/mol. The Kier molecular flexibility index (Phi) is 7.53. The lowest BCUT2D eigenvalue weighted by Crippen LogP contribution is -2.37. The predicted octanol–water partition coefficient (Wildman–Crippen LogP) is 8.68. The molecule has 1 N–H and O–H groups in total. The minimum atomic E-state index is -0.551. The molecule has 0 amide bonds. The summed E-state index contributed by atoms with van der Waals surface area (Å²) in [7, 11) is -0.551. The summed E-state index contributed by atoms with van der Waals surface area (Å²) in [5.41, 5.74) is 16.2. The van der Waals surface area contributed by atoms with E-state index in [1.807, 2.05) is 0 Å². The van der Waals surface area contributed by atoms with Crippen molar-refractivity contribution in [3.8, 4) is 16.8 Å². The summed E-state index contributed by atoms with van der Waals surface area (Å²) < 4.78 is 2.44. The van der Waals surface area contributed by atoms with Gasteiger partial charge in [-0.2, -0.15) is 5.01 Å². The smallest absolute Gasteiger partial charge is 0.147 e. The average Bonchev–Trinajstić information content (AvgIpc) is 3.83. The molecule has 2 aliphatic rings. The van der Waals surface area contributed by atoms with Crippen LogP contribution in [-0.2, 0) is 12.0 Å². The molecule has 0 radical (unpaired) electrons. The molecule has 7 aromatic carbocycles. The third-order valence-electron chi connectivity index (χ3n) is 11.2. The van der Waals surface area contributed by atoms with Crippen LogP contribution in [0.2, 0.25) is 0 Å². The van der Waals surface area contributed by atoms with Gasteiger partial charge in [-0.05, 0) is 63.7 Å². The van der Waals surface area contributed by atoms with Gasteiger partial charge in [0.05, 0.1) is 20.6 Å². The van der Waals surface area contributed by atoms with E-state index < -0.39 is 9.52 Å². The highest BCUT2D eigenvalue weighted by Crippen LogP contribution is 2.51. The van der Waals surface area contributed by atoms with Crippen molar-refractivity contribution in [2.45, 2.75) is 32.0 Å². The van der Waals surface area contributed by atoms with Crippen LogP contribution in [0.1, 0.15) is 47.8 Å². The molecule has 0 spiro atoms. The van der Waals surface area contributed by atoms with Crippen molar-refractivity contribution in [1.82, 2.24) is 15.0 Å². The third kappa shape index (κ3) is 5.43. The fraction of sp³-hybridized carbons (Fsp3) is 0.104. The van der Waals surface area contributed by atoms with Crippen molar-refractivity contribution in [3.63, 3.8) is 0 Å². The van der Waals surface area contributed by atoms with Crippen molar-refractivity contribution in [2.24, 2.45) is 4.99 Å². The van der Waals surface area contributed by atoms with Gasteiger partial charge in [0.25, 0.3) is 0 Å². The molecule has 256 valence electrons. The molecule has 10 rings (SSSR count). The monoisotopic (exact) mass is 700 g/mol. The molecule has 1 aliphatic carbocycles. The van der Waals surface area contributed by atoms with Crippen molar-refractivity contribution < 1.29 is 0 Å². The number of benzene rings is 7. The van der Waals surface area contributed by atoms with Gasteiger partial charge < -0.3 is 9.99 Å². The van der Waals surface area contributed by atoms with E-state index in [9.17, 15) is 0 Å². The maximum absolute atomic E-state index is 5.36. The molecule has 0 bridgehead atoms. The first-order valence-corrected chi connectivity index (χ1v) is 20.0. The highest BCUT2D eigenvalue weighted by atomic mass is 28.2. The number of amidine groups is 1. The molecule has 0 fully saturated rings. The number of para-hydroxylation sites is 1. The minimum absolute atomic E-state index is 0.0537. The van der Waals surface area contributed by atoms with Crippen LogP contribution in [0.15, 0.2) is 175 Å². The maximum Gasteiger partial charge on any atom is 0.147 e. The summed E-state index contributed by atoms with van der Waals surface area (Å²) in [4.78, 5) is 5.36. The summed E-state index contributed by atoms with van der Waals surface area (Å²) in [6, 6.07) is 62.1. The fourth-order valence-electron chi connectivity index (χ4n) is 8.66. The molecule has 1 aliphatic heterocycles. The Morgan fingerprint density at radius 2 is 1.34 bits per heavy atom. The molecule has 1 atom stereocenters. The van der Waals surface area contributed by atoms with Crippen LogP contribution in [0.4, 0.5) is 0 Å². The topological polar surface area (TPSA) is 32.6 Å². The zero-order valence-corrected chi connectivity index (χ0v) is 31.4. The van der Waals surface area contributed by atoms with E-state index >= 15 is 0 Å². The first-order chi connectivity index (χ1) is 26.0. The Bertz CT molecular complexity index is 2690. The van der Waals surface area contributed by atoms with Gasteiger partial charge in [0, 0.05) is 34.0 Å². The van der Waals surface area contributed by atoms with E-state index in [2.05, 4.69) is 199 Å². The number of aliphatic imine (C=N–C) groups is 1. The van der Waals surface area contributed by atoms with E-state index in [-0.39, 0.29) is 11.6 Å². The Hall–Kier alpha value is -6.01. The van der Waals surface area contributed by atoms with Crippen molar-refractivity contribution >= 4 is 47.5 Å². The van der Waals surface area contributed by atoms with Crippen molar-refractivity contribution in [1.29, 1.82) is 0 Å². The Balaban J connectivity index is 1.04. The number of hydrazine groups is 1. The number of aromatic nitrogens is 1. The summed E-state index contributed by atoms with van der Waals surface area (Å²) >= 11 is 0. The van der Waals surface area contributed by atoms with Gasteiger partial charge in [-0.3, -0.25) is 0 Å². The molecule has 0 saturated heterocycles. The lowest BCUT2D eigenvalue weighted by Gasteiger charge is -2.24. The second-order valence-electron chi connectivity index (χ2n) is 15.0. The van der Waals surface area contributed by atoms with Crippen LogP contribution in [0.3, 0.4) is 0 Å². The van der Waals surface area contributed by atoms with E-state index in [4.69, 9.17) is 4.99 Å². The number of rotatable bonds is 7. The van der Waals surface area contributed by atoms with Crippen LogP contribution in [0, 0.1) is 0 Å². The molecule has 1 unspecified atom stereocenters. The van der Waals surface area contributed by atoms with Crippen molar-refractivity contribution in [2.75, 3.05) is 0 Å². The lowest BCUT2D eigenvalue weighted by atomic mass is 9.82. The minimum Gasteiger partial charge on any atom is -0.309 e. The zero-order chi connectivity index (χ0) is 35.5. The highest BCUT2D eigenvalue weighted by Gasteiger charge is 2.36. The number of hydrogen-bond donors (Lipinski definition) is 1. The standard InChI is InChI=1S/C48H40N4Si/c1-48(2)42-25-11-9-23-38(42)40-30-45-41(29-43(40)48)39-24-10-12-26-44(39)52(45)35-19-14-18-34(28-35)46-49-47(33-16-5-3-6-17-33)51(50-46)31-32-15-13-22-37(27-32)53-36-20-7-4-8-21-36/h3-30,47H,31,53H2,1-2H3,(H,49,50). The van der Waals surface area contributed by atoms with E-state index in [1.54, 1.807) is 0 Å². The summed E-state index contributed by atoms with van der Waals surface area (Å²) in [5, 5.41) is 7.74. The molecule has 0 saturated carbocycles. The second kappa shape index (κ2) is 12.6. The average molecular weight is 701 g/mol. The highest BCUT2D eigenvalue weighted by molar-refractivity contribution is 6.67. The van der Waals surface area contributed by atoms with E-state index in [0.29, 0.717) is 0 Å². The van der Waals surface area contributed by atoms with Gasteiger partial charge in [0.15, 0.2) is 0 Å². The van der Waals surface area contributed by atoms with Gasteiger partial charge in [-0.1, -0.05) is 164 Å². The van der Waals surface area contributed by atoms with Crippen LogP contribution >= 0.6 is 0 Å². The normalized spacial score (nSPS) is 16.3. The van der Waals surface area contributed by atoms with Gasteiger partial charge >= 0.3 is 0 Å². The number of nitrogens with one attached hydrogen (secondary N) is 1. The Morgan fingerprint density at radius 3 is 2.21 bits per heavy atom. The van der Waals surface area contributed by atoms with Crippen LogP contribution < -0.4 is 15.8 Å². The molecule has 8 aromatic rings. The van der Waals surface area contributed by atoms with Crippen LogP contribution in [0.25, 0.3) is 38.6 Å². The van der Waals surface area contributed by atoms with Crippen LogP contribution in [0.5, 0.6) is 0 Å². The third-order valence-corrected chi connectivity index (χ3v) is 13.0. The molecular formula is C48H40N4Si. The Morgan fingerprint density at radius 1 is 0.604 bits per heavy atom. The summed E-state index contributed by atoms with van der Waals surface area (Å²) in [6.07, 6.45) is -0.149. The molecule has 5 heteroatoms. The Labute approximate surface area is 312 Å². The quantitative estimate of drug-likeness (QED) is 0.169. The number of fused-ring (bicyclic) bond motifs is 6. The summed E-state index contributed by atoms with van der Waals surface area (Å²) in [6.45, 7) is 5.45. The van der Waals surface area contributed by atoms with E-state index in [1.165, 1.54) is 65.6 Å². The maximum atomic E-state index is 5.36. The summed E-state index contributed by atoms with van der Waals surface area (Å²) in [5.74, 6) is 0.882. The number of hydrogen-bond acceptors (Lipinski definition) is 3. The second-order valence-corrected chi connectivity index (χ2v) is 17.0. The first-order valence-electron chi connectivity index (χ1n) is 18.6. The van der Waals surface area contributed by atoms with Gasteiger partial charge in [0.2, 0.25) is 0 Å². The number of nitrogens with zero attached hydrogens (tertiary/aromatic N) is 3. The molecule has 4 nitrogen and oxygen atoms in total. The first kappa shape index (κ1) is 31.7. The largest absolute Gasteiger partial charge is 0.309 e. The zero-order valence-electron chi connectivity index (χ0n) is 30.0. The van der Waals surface area contributed by atoms with E-state index in [0.717, 1.165) is 23.6 Å². The molecular weight excluding hydrogens is 661 g/mol. The molecule has 1 aromatic heterocycles. The van der Waals surface area contributed by atoms with Gasteiger partial charge in [-0.25, -0.2) is 4.99 Å². The van der Waals surface area contributed by atoms with Crippen molar-refractivity contribution in [3.05, 3.63) is 198 Å². The molecule has 2 heterocycles. The lowest BCUT2D eigenvalue weighted by molar-refractivity contribution is 0.181. The van der Waals surface area contributed by atoms with Crippen LogP contribution in [-0.4, -0.2) is 24.9 Å².